The van der Waals surface area contributed by atoms with Gasteiger partial charge in [0.15, 0.2) is 0 Å². The lowest BCUT2D eigenvalue weighted by Crippen LogP contribution is -2.22. The first-order valence-corrected chi connectivity index (χ1v) is 5.84. The summed E-state index contributed by atoms with van der Waals surface area (Å²) in [7, 11) is 3.48. The Labute approximate surface area is 107 Å². The number of hydrogen-bond acceptors (Lipinski definition) is 2. The summed E-state index contributed by atoms with van der Waals surface area (Å²) in [4.78, 5) is 13.5. The van der Waals surface area contributed by atoms with Crippen molar-refractivity contribution >= 4 is 5.91 Å². The molecule has 0 N–H and O–H groups in total. The number of nitrogens with zero attached hydrogens (tertiary/aromatic N) is 3. The molecule has 0 bridgehead atoms. The molecule has 2 aromatic rings. The Morgan fingerprint density at radius 2 is 2.00 bits per heavy atom. The topological polar surface area (TPSA) is 38.1 Å². The number of hydrogen-bond donors (Lipinski definition) is 0. The van der Waals surface area contributed by atoms with Crippen LogP contribution < -0.4 is 0 Å². The maximum atomic E-state index is 11.9. The van der Waals surface area contributed by atoms with Crippen molar-refractivity contribution < 1.29 is 4.79 Å². The molecular formula is C14H17N3O. The van der Waals surface area contributed by atoms with Crippen LogP contribution in [0.1, 0.15) is 21.6 Å². The van der Waals surface area contributed by atoms with Gasteiger partial charge < -0.3 is 4.90 Å². The van der Waals surface area contributed by atoms with Gasteiger partial charge in [-0.15, -0.1) is 0 Å². The van der Waals surface area contributed by atoms with Gasteiger partial charge in [-0.3, -0.25) is 4.79 Å². The number of aromatic nitrogens is 2. The third kappa shape index (κ3) is 2.14. The summed E-state index contributed by atoms with van der Waals surface area (Å²) < 4.78 is 1.80. The molecule has 0 spiro atoms. The van der Waals surface area contributed by atoms with Crippen molar-refractivity contribution in [3.63, 3.8) is 0 Å². The molecule has 4 nitrogen and oxygen atoms in total. The minimum absolute atomic E-state index is 0.0218. The molecule has 0 radical (unpaired) electrons. The predicted molar refractivity (Wildman–Crippen MR) is 71.1 cm³/mol. The lowest BCUT2D eigenvalue weighted by atomic mass is 10.2. The predicted octanol–water partition coefficient (Wildman–Crippen LogP) is 2.19. The summed E-state index contributed by atoms with van der Waals surface area (Å²) >= 11 is 0. The van der Waals surface area contributed by atoms with Crippen LogP contribution in [0.5, 0.6) is 0 Å². The third-order valence-electron chi connectivity index (χ3n) is 2.89. The molecule has 0 aliphatic rings. The smallest absolute Gasteiger partial charge is 0.256 e. The van der Waals surface area contributed by atoms with Crippen LogP contribution in [0.15, 0.2) is 30.5 Å². The lowest BCUT2D eigenvalue weighted by molar-refractivity contribution is 0.0827. The summed E-state index contributed by atoms with van der Waals surface area (Å²) in [5, 5.41) is 4.30. The van der Waals surface area contributed by atoms with Crippen LogP contribution in [-0.2, 0) is 0 Å². The van der Waals surface area contributed by atoms with E-state index in [9.17, 15) is 4.79 Å². The van der Waals surface area contributed by atoms with Crippen LogP contribution in [0.3, 0.4) is 0 Å². The normalized spacial score (nSPS) is 10.4. The van der Waals surface area contributed by atoms with Gasteiger partial charge in [0.05, 0.1) is 23.1 Å². The van der Waals surface area contributed by atoms with Crippen molar-refractivity contribution in [2.45, 2.75) is 13.8 Å². The second-order valence-corrected chi connectivity index (χ2v) is 4.59. The van der Waals surface area contributed by atoms with E-state index in [2.05, 4.69) is 5.10 Å². The summed E-state index contributed by atoms with van der Waals surface area (Å²) in [5.74, 6) is -0.0218. The van der Waals surface area contributed by atoms with Crippen LogP contribution in [-0.4, -0.2) is 34.7 Å². The number of rotatable bonds is 2. The SMILES string of the molecule is Cc1cccc(-n2ncc(C(=O)N(C)C)c2C)c1. The number of amides is 1. The highest BCUT2D eigenvalue weighted by molar-refractivity contribution is 5.94. The first-order chi connectivity index (χ1) is 8.50. The second kappa shape index (κ2) is 4.64. The molecule has 1 heterocycles. The summed E-state index contributed by atoms with van der Waals surface area (Å²) in [5.41, 5.74) is 3.65. The van der Waals surface area contributed by atoms with Crippen molar-refractivity contribution in [1.29, 1.82) is 0 Å². The fourth-order valence-electron chi connectivity index (χ4n) is 1.88. The van der Waals surface area contributed by atoms with E-state index >= 15 is 0 Å². The Bertz CT molecular complexity index is 584. The summed E-state index contributed by atoms with van der Waals surface area (Å²) in [6.07, 6.45) is 1.62. The molecule has 18 heavy (non-hydrogen) atoms. The molecule has 4 heteroatoms. The van der Waals surface area contributed by atoms with Crippen molar-refractivity contribution in [2.24, 2.45) is 0 Å². The van der Waals surface area contributed by atoms with E-state index in [0.717, 1.165) is 11.4 Å². The lowest BCUT2D eigenvalue weighted by Gasteiger charge is -2.10. The molecule has 2 rings (SSSR count). The van der Waals surface area contributed by atoms with Crippen LogP contribution in [0, 0.1) is 13.8 Å². The zero-order chi connectivity index (χ0) is 13.3. The van der Waals surface area contributed by atoms with Gasteiger partial charge in [0.25, 0.3) is 5.91 Å². The highest BCUT2D eigenvalue weighted by Gasteiger charge is 2.16. The Morgan fingerprint density at radius 1 is 1.28 bits per heavy atom. The van der Waals surface area contributed by atoms with E-state index in [-0.39, 0.29) is 5.91 Å². The summed E-state index contributed by atoms with van der Waals surface area (Å²) in [6, 6.07) is 8.05. The maximum absolute atomic E-state index is 11.9. The Morgan fingerprint density at radius 3 is 2.61 bits per heavy atom. The molecule has 1 aromatic carbocycles. The molecule has 0 saturated carbocycles. The third-order valence-corrected chi connectivity index (χ3v) is 2.89. The van der Waals surface area contributed by atoms with Crippen molar-refractivity contribution in [3.8, 4) is 5.69 Å². The van der Waals surface area contributed by atoms with E-state index in [4.69, 9.17) is 0 Å². The number of carbonyl (C=O) groups excluding carboxylic acids is 1. The maximum Gasteiger partial charge on any atom is 0.256 e. The highest BCUT2D eigenvalue weighted by Crippen LogP contribution is 2.16. The second-order valence-electron chi connectivity index (χ2n) is 4.59. The Balaban J connectivity index is 2.46. The fourth-order valence-corrected chi connectivity index (χ4v) is 1.88. The van der Waals surface area contributed by atoms with Gasteiger partial charge in [-0.25, -0.2) is 4.68 Å². The van der Waals surface area contributed by atoms with E-state index < -0.39 is 0 Å². The molecule has 0 unspecified atom stereocenters. The van der Waals surface area contributed by atoms with Crippen LogP contribution in [0.2, 0.25) is 0 Å². The molecule has 0 saturated heterocycles. The Hall–Kier alpha value is -2.10. The quantitative estimate of drug-likeness (QED) is 0.811. The van der Waals surface area contributed by atoms with Gasteiger partial charge in [-0.05, 0) is 31.5 Å². The van der Waals surface area contributed by atoms with Crippen LogP contribution >= 0.6 is 0 Å². The monoisotopic (exact) mass is 243 g/mol. The molecule has 0 aliphatic heterocycles. The van der Waals surface area contributed by atoms with E-state index in [1.807, 2.05) is 38.1 Å². The van der Waals surface area contributed by atoms with Gasteiger partial charge in [0.2, 0.25) is 0 Å². The molecule has 0 aliphatic carbocycles. The molecule has 1 aromatic heterocycles. The molecule has 0 atom stereocenters. The standard InChI is InChI=1S/C14H17N3O/c1-10-6-5-7-12(8-10)17-11(2)13(9-15-17)14(18)16(3)4/h5-9H,1-4H3. The van der Waals surface area contributed by atoms with Crippen molar-refractivity contribution in [1.82, 2.24) is 14.7 Å². The largest absolute Gasteiger partial charge is 0.345 e. The van der Waals surface area contributed by atoms with E-state index in [0.29, 0.717) is 5.56 Å². The van der Waals surface area contributed by atoms with Crippen molar-refractivity contribution in [3.05, 3.63) is 47.3 Å². The average molecular weight is 243 g/mol. The molecule has 1 amide bonds. The Kier molecular flexibility index (Phi) is 3.19. The zero-order valence-corrected chi connectivity index (χ0v) is 11.1. The number of benzene rings is 1. The number of carbonyl (C=O) groups is 1. The van der Waals surface area contributed by atoms with E-state index in [1.165, 1.54) is 5.56 Å². The summed E-state index contributed by atoms with van der Waals surface area (Å²) in [6.45, 7) is 3.94. The van der Waals surface area contributed by atoms with Gasteiger partial charge in [-0.1, -0.05) is 12.1 Å². The average Bonchev–Trinajstić information content (AvgIpc) is 2.70. The van der Waals surface area contributed by atoms with E-state index in [1.54, 1.807) is 29.9 Å². The van der Waals surface area contributed by atoms with Gasteiger partial charge in [-0.2, -0.15) is 5.10 Å². The molecular weight excluding hydrogens is 226 g/mol. The molecule has 94 valence electrons. The molecule has 0 fully saturated rings. The fraction of sp³-hybridized carbons (Fsp3) is 0.286. The highest BCUT2D eigenvalue weighted by atomic mass is 16.2. The van der Waals surface area contributed by atoms with Crippen LogP contribution in [0.4, 0.5) is 0 Å². The first kappa shape index (κ1) is 12.4. The minimum atomic E-state index is -0.0218. The van der Waals surface area contributed by atoms with Crippen LogP contribution in [0.25, 0.3) is 5.69 Å². The zero-order valence-electron chi connectivity index (χ0n) is 11.1. The van der Waals surface area contributed by atoms with Gasteiger partial charge >= 0.3 is 0 Å². The van der Waals surface area contributed by atoms with Crippen molar-refractivity contribution in [2.75, 3.05) is 14.1 Å². The number of aryl methyl sites for hydroxylation is 1. The van der Waals surface area contributed by atoms with Gasteiger partial charge in [0, 0.05) is 14.1 Å². The minimum Gasteiger partial charge on any atom is -0.345 e. The first-order valence-electron chi connectivity index (χ1n) is 5.84. The van der Waals surface area contributed by atoms with Gasteiger partial charge in [0.1, 0.15) is 0 Å².